The minimum atomic E-state index is 0.416. The van der Waals surface area contributed by atoms with Crippen LogP contribution < -0.4 is 10.1 Å². The lowest BCUT2D eigenvalue weighted by Crippen LogP contribution is -2.17. The molecule has 0 saturated carbocycles. The molecule has 0 aliphatic rings. The summed E-state index contributed by atoms with van der Waals surface area (Å²) in [6.45, 7) is 1.83. The average molecular weight is 455 g/mol. The number of nitrogens with one attached hydrogen (secondary N) is 1. The number of halogens is 4. The molecule has 6 heteroatoms. The fourth-order valence-corrected chi connectivity index (χ4v) is 3.91. The maximum absolute atomic E-state index is 6.38. The van der Waals surface area contributed by atoms with E-state index in [-0.39, 0.29) is 0 Å². The van der Waals surface area contributed by atoms with Crippen LogP contribution in [0.4, 0.5) is 0 Å². The number of rotatable bonds is 8. The van der Waals surface area contributed by atoms with Gasteiger partial charge in [-0.05, 0) is 53.9 Å². The van der Waals surface area contributed by atoms with Crippen LogP contribution >= 0.6 is 46.4 Å². The van der Waals surface area contributed by atoms with Gasteiger partial charge in [-0.15, -0.1) is 0 Å². The van der Waals surface area contributed by atoms with Crippen molar-refractivity contribution in [2.24, 2.45) is 0 Å². The van der Waals surface area contributed by atoms with E-state index in [0.29, 0.717) is 39.0 Å². The van der Waals surface area contributed by atoms with E-state index in [1.54, 1.807) is 6.07 Å². The van der Waals surface area contributed by atoms with Gasteiger partial charge in [0.05, 0.1) is 10.0 Å². The summed E-state index contributed by atoms with van der Waals surface area (Å²) in [5.41, 5.74) is 3.10. The molecule has 0 atom stereocenters. The number of ether oxygens (including phenoxy) is 1. The van der Waals surface area contributed by atoms with Gasteiger partial charge in [-0.25, -0.2) is 0 Å². The Hall–Kier alpha value is -1.42. The van der Waals surface area contributed by atoms with E-state index in [1.165, 1.54) is 0 Å². The minimum absolute atomic E-state index is 0.416. The Labute approximate surface area is 185 Å². The Morgan fingerprint density at radius 1 is 0.750 bits per heavy atom. The van der Waals surface area contributed by atoms with Gasteiger partial charge >= 0.3 is 0 Å². The second kappa shape index (κ2) is 10.4. The van der Waals surface area contributed by atoms with Gasteiger partial charge in [0, 0.05) is 16.6 Å². The fourth-order valence-electron chi connectivity index (χ4n) is 2.76. The van der Waals surface area contributed by atoms with E-state index in [0.717, 1.165) is 29.7 Å². The van der Waals surface area contributed by atoms with Gasteiger partial charge in [-0.3, -0.25) is 0 Å². The summed E-state index contributed by atoms with van der Waals surface area (Å²) in [6.07, 6.45) is 0.801. The molecule has 0 saturated heterocycles. The third-order valence-corrected chi connectivity index (χ3v) is 5.35. The maximum atomic E-state index is 6.38. The van der Waals surface area contributed by atoms with Crippen molar-refractivity contribution in [1.29, 1.82) is 0 Å². The smallest absolute Gasteiger partial charge is 0.156 e. The van der Waals surface area contributed by atoms with E-state index in [1.807, 2.05) is 54.6 Å². The Kier molecular flexibility index (Phi) is 7.90. The lowest BCUT2D eigenvalue weighted by atomic mass is 10.1. The van der Waals surface area contributed by atoms with Crippen LogP contribution in [0.2, 0.25) is 20.1 Å². The first kappa shape index (κ1) is 21.3. The molecule has 3 aromatic rings. The molecule has 0 spiro atoms. The summed E-state index contributed by atoms with van der Waals surface area (Å²) in [6, 6.07) is 19.2. The van der Waals surface area contributed by atoms with Crippen molar-refractivity contribution < 1.29 is 4.74 Å². The highest BCUT2D eigenvalue weighted by molar-refractivity contribution is 6.37. The molecule has 1 N–H and O–H groups in total. The molecule has 0 radical (unpaired) electrons. The summed E-state index contributed by atoms with van der Waals surface area (Å²) >= 11 is 24.9. The highest BCUT2D eigenvalue weighted by atomic mass is 35.5. The van der Waals surface area contributed by atoms with Crippen LogP contribution in [0.3, 0.4) is 0 Å². The fraction of sp³-hybridized carbons (Fsp3) is 0.182. The topological polar surface area (TPSA) is 21.3 Å². The number of hydrogen-bond acceptors (Lipinski definition) is 2. The molecule has 146 valence electrons. The standard InChI is InChI=1S/C22H19Cl4NO/c23-18-7-6-17(19(24)12-18)8-9-27-13-16-10-20(25)22(21(26)11-16)28-14-15-4-2-1-3-5-15/h1-7,10-12,27H,8-9,13-14H2. The quantitative estimate of drug-likeness (QED) is 0.363. The maximum Gasteiger partial charge on any atom is 0.156 e. The van der Waals surface area contributed by atoms with Crippen LogP contribution in [0.5, 0.6) is 5.75 Å². The first-order chi connectivity index (χ1) is 13.5. The normalized spacial score (nSPS) is 10.9. The van der Waals surface area contributed by atoms with Crippen LogP contribution in [0.1, 0.15) is 16.7 Å². The molecule has 0 heterocycles. The zero-order valence-electron chi connectivity index (χ0n) is 15.0. The molecule has 0 aliphatic heterocycles. The Bertz CT molecular complexity index is 908. The van der Waals surface area contributed by atoms with Gasteiger partial charge < -0.3 is 10.1 Å². The molecule has 3 aromatic carbocycles. The van der Waals surface area contributed by atoms with Crippen LogP contribution in [-0.4, -0.2) is 6.54 Å². The van der Waals surface area contributed by atoms with Crippen LogP contribution in [0.25, 0.3) is 0 Å². The summed E-state index contributed by atoms with van der Waals surface area (Å²) in [5.74, 6) is 0.504. The van der Waals surface area contributed by atoms with Crippen molar-refractivity contribution in [1.82, 2.24) is 5.32 Å². The van der Waals surface area contributed by atoms with Crippen molar-refractivity contribution >= 4 is 46.4 Å². The van der Waals surface area contributed by atoms with Gasteiger partial charge in [0.2, 0.25) is 0 Å². The summed E-state index contributed by atoms with van der Waals surface area (Å²) in [4.78, 5) is 0. The van der Waals surface area contributed by atoms with Crippen molar-refractivity contribution in [3.05, 3.63) is 97.4 Å². The zero-order chi connectivity index (χ0) is 19.9. The predicted octanol–water partition coefficient (Wildman–Crippen LogP) is 7.21. The second-order valence-corrected chi connectivity index (χ2v) is 7.98. The Balaban J connectivity index is 1.53. The van der Waals surface area contributed by atoms with Gasteiger partial charge in [-0.2, -0.15) is 0 Å². The van der Waals surface area contributed by atoms with E-state index >= 15 is 0 Å². The lowest BCUT2D eigenvalue weighted by Gasteiger charge is -2.13. The number of hydrogen-bond donors (Lipinski definition) is 1. The largest absolute Gasteiger partial charge is 0.486 e. The SMILES string of the molecule is Clc1ccc(CCNCc2cc(Cl)c(OCc3ccccc3)c(Cl)c2)c(Cl)c1. The van der Waals surface area contributed by atoms with Gasteiger partial charge in [-0.1, -0.05) is 82.8 Å². The summed E-state index contributed by atoms with van der Waals surface area (Å²) in [7, 11) is 0. The predicted molar refractivity (Wildman–Crippen MR) is 119 cm³/mol. The summed E-state index contributed by atoms with van der Waals surface area (Å²) < 4.78 is 5.81. The zero-order valence-corrected chi connectivity index (χ0v) is 18.0. The molecule has 0 aliphatic carbocycles. The molecule has 0 amide bonds. The van der Waals surface area contributed by atoms with Crippen LogP contribution in [0.15, 0.2) is 60.7 Å². The van der Waals surface area contributed by atoms with Gasteiger partial charge in [0.15, 0.2) is 5.75 Å². The van der Waals surface area contributed by atoms with Crippen molar-refractivity contribution in [3.63, 3.8) is 0 Å². The van der Waals surface area contributed by atoms with Crippen LogP contribution in [0, 0.1) is 0 Å². The van der Waals surface area contributed by atoms with Gasteiger partial charge in [0.25, 0.3) is 0 Å². The molecular formula is C22H19Cl4NO. The molecule has 2 nitrogen and oxygen atoms in total. The van der Waals surface area contributed by atoms with E-state index in [4.69, 9.17) is 51.1 Å². The monoisotopic (exact) mass is 453 g/mol. The molecule has 0 unspecified atom stereocenters. The van der Waals surface area contributed by atoms with E-state index < -0.39 is 0 Å². The summed E-state index contributed by atoms with van der Waals surface area (Å²) in [5, 5.41) is 5.70. The van der Waals surface area contributed by atoms with Crippen LogP contribution in [-0.2, 0) is 19.6 Å². The molecule has 0 aromatic heterocycles. The molecule has 0 fully saturated rings. The Morgan fingerprint density at radius 2 is 1.46 bits per heavy atom. The van der Waals surface area contributed by atoms with Gasteiger partial charge in [0.1, 0.15) is 6.61 Å². The average Bonchev–Trinajstić information content (AvgIpc) is 2.67. The van der Waals surface area contributed by atoms with E-state index in [2.05, 4.69) is 5.32 Å². The molecule has 28 heavy (non-hydrogen) atoms. The first-order valence-corrected chi connectivity index (χ1v) is 10.3. The van der Waals surface area contributed by atoms with Crippen molar-refractivity contribution in [2.75, 3.05) is 6.54 Å². The molecular weight excluding hydrogens is 436 g/mol. The highest BCUT2D eigenvalue weighted by Gasteiger charge is 2.10. The second-order valence-electron chi connectivity index (χ2n) is 6.33. The third-order valence-electron chi connectivity index (χ3n) is 4.20. The van der Waals surface area contributed by atoms with Crippen molar-refractivity contribution in [2.45, 2.75) is 19.6 Å². The Morgan fingerprint density at radius 3 is 2.14 bits per heavy atom. The molecule has 3 rings (SSSR count). The number of benzene rings is 3. The third kappa shape index (κ3) is 6.04. The lowest BCUT2D eigenvalue weighted by molar-refractivity contribution is 0.306. The minimum Gasteiger partial charge on any atom is -0.486 e. The molecule has 0 bridgehead atoms. The van der Waals surface area contributed by atoms with Crippen molar-refractivity contribution in [3.8, 4) is 5.75 Å². The first-order valence-electron chi connectivity index (χ1n) is 8.82. The highest BCUT2D eigenvalue weighted by Crippen LogP contribution is 2.34. The van der Waals surface area contributed by atoms with E-state index in [9.17, 15) is 0 Å².